The zero-order valence-corrected chi connectivity index (χ0v) is 22.7. The third-order valence-electron chi connectivity index (χ3n) is 8.05. The minimum atomic E-state index is -0.773. The highest BCUT2D eigenvalue weighted by Crippen LogP contribution is 2.46. The molecule has 8 heteroatoms. The molecule has 6 rings (SSSR count). The number of amides is 3. The maximum Gasteiger partial charge on any atom is 0.255 e. The van der Waals surface area contributed by atoms with Crippen LogP contribution < -0.4 is 15.4 Å². The number of nitrogens with one attached hydrogen (secondary N) is 3. The Labute approximate surface area is 232 Å². The number of carbonyl (C=O) groups excluding carboxylic acids is 3. The van der Waals surface area contributed by atoms with E-state index < -0.39 is 18.1 Å². The van der Waals surface area contributed by atoms with E-state index in [9.17, 15) is 14.4 Å². The van der Waals surface area contributed by atoms with E-state index in [1.165, 1.54) is 0 Å². The molecule has 0 saturated carbocycles. The topological polar surface area (TPSA) is 104 Å². The summed E-state index contributed by atoms with van der Waals surface area (Å²) in [7, 11) is 1.59. The van der Waals surface area contributed by atoms with Crippen molar-refractivity contribution in [2.45, 2.75) is 44.9 Å². The number of aromatic nitrogens is 1. The van der Waals surface area contributed by atoms with Crippen LogP contribution in [-0.4, -0.2) is 46.8 Å². The van der Waals surface area contributed by atoms with Crippen LogP contribution >= 0.6 is 0 Å². The lowest BCUT2D eigenvalue weighted by molar-refractivity contribution is -0.133. The molecular formula is C32H32N4O4. The number of fused-ring (bicyclic) bond motifs is 7. The van der Waals surface area contributed by atoms with Gasteiger partial charge in [0.05, 0.1) is 13.2 Å². The third kappa shape index (κ3) is 4.20. The van der Waals surface area contributed by atoms with Gasteiger partial charge in [0.1, 0.15) is 17.8 Å². The van der Waals surface area contributed by atoms with Crippen molar-refractivity contribution in [2.75, 3.05) is 7.11 Å². The molecule has 2 aliphatic heterocycles. The monoisotopic (exact) mass is 536 g/mol. The van der Waals surface area contributed by atoms with Gasteiger partial charge in [-0.2, -0.15) is 0 Å². The molecule has 3 amide bonds. The summed E-state index contributed by atoms with van der Waals surface area (Å²) in [6.45, 7) is 4.06. The molecule has 2 aliphatic rings. The van der Waals surface area contributed by atoms with Crippen LogP contribution in [0.4, 0.5) is 0 Å². The molecule has 8 nitrogen and oxygen atoms in total. The standard InChI is InChI=1S/C32H32N4O4/c1-18(2)27(31(38)33-17-19-10-4-9-15-26(19)40-3)35-30(37)25-16-23-20-11-7-8-14-24(20)34-28(23)29-21-12-5-6-13-22(21)32(39)36(25)29/h4-15,18,25,27,29,34H,16-17H2,1-3H3,(H,33,38)(H,35,37). The SMILES string of the molecule is COc1ccccc1CNC(=O)C(NC(=O)C1Cc2c([nH]c3ccccc23)C2c3ccccc3C(=O)N12)C(C)C. The van der Waals surface area contributed by atoms with Crippen molar-refractivity contribution >= 4 is 28.6 Å². The zero-order chi connectivity index (χ0) is 28.0. The summed E-state index contributed by atoms with van der Waals surface area (Å²) >= 11 is 0. The first kappa shape index (κ1) is 25.7. The molecule has 0 saturated heterocycles. The second kappa shape index (κ2) is 10.2. The largest absolute Gasteiger partial charge is 0.496 e. The van der Waals surface area contributed by atoms with Crippen LogP contribution in [0.1, 0.15) is 52.6 Å². The van der Waals surface area contributed by atoms with Crippen molar-refractivity contribution in [1.82, 2.24) is 20.5 Å². The summed E-state index contributed by atoms with van der Waals surface area (Å²) in [5, 5.41) is 6.99. The number of ether oxygens (including phenoxy) is 1. The van der Waals surface area contributed by atoms with Crippen molar-refractivity contribution in [3.8, 4) is 5.75 Å². The number of carbonyl (C=O) groups is 3. The predicted molar refractivity (Wildman–Crippen MR) is 152 cm³/mol. The van der Waals surface area contributed by atoms with Crippen LogP contribution in [0.25, 0.3) is 10.9 Å². The van der Waals surface area contributed by atoms with Crippen molar-refractivity contribution in [3.05, 3.63) is 101 Å². The van der Waals surface area contributed by atoms with Gasteiger partial charge in [0.2, 0.25) is 11.8 Å². The highest BCUT2D eigenvalue weighted by molar-refractivity contribution is 6.04. The molecule has 0 bridgehead atoms. The van der Waals surface area contributed by atoms with Crippen LogP contribution in [0.3, 0.4) is 0 Å². The van der Waals surface area contributed by atoms with Gasteiger partial charge in [0.25, 0.3) is 5.91 Å². The van der Waals surface area contributed by atoms with Gasteiger partial charge in [-0.05, 0) is 35.2 Å². The molecule has 3 N–H and O–H groups in total. The Kier molecular flexibility index (Phi) is 6.54. The van der Waals surface area contributed by atoms with Gasteiger partial charge in [-0.1, -0.05) is 68.4 Å². The normalized spacial score (nSPS) is 18.2. The molecule has 3 aromatic carbocycles. The minimum Gasteiger partial charge on any atom is -0.496 e. The number of H-pyrrole nitrogens is 1. The Morgan fingerprint density at radius 2 is 1.75 bits per heavy atom. The third-order valence-corrected chi connectivity index (χ3v) is 8.05. The maximum absolute atomic E-state index is 14.0. The van der Waals surface area contributed by atoms with E-state index in [-0.39, 0.29) is 30.2 Å². The van der Waals surface area contributed by atoms with Crippen molar-refractivity contribution in [1.29, 1.82) is 0 Å². The number of aromatic amines is 1. The summed E-state index contributed by atoms with van der Waals surface area (Å²) in [6.07, 6.45) is 0.356. The van der Waals surface area contributed by atoms with Gasteiger partial charge in [0.15, 0.2) is 0 Å². The second-order valence-electron chi connectivity index (χ2n) is 10.7. The molecule has 0 aliphatic carbocycles. The summed E-state index contributed by atoms with van der Waals surface area (Å²) in [5.74, 6) is -0.288. The van der Waals surface area contributed by atoms with Crippen molar-refractivity contribution in [3.63, 3.8) is 0 Å². The fourth-order valence-corrected chi connectivity index (χ4v) is 6.06. The average Bonchev–Trinajstić information content (AvgIpc) is 3.49. The summed E-state index contributed by atoms with van der Waals surface area (Å²) in [6, 6.07) is 21.1. The lowest BCUT2D eigenvalue weighted by atomic mass is 9.89. The average molecular weight is 537 g/mol. The molecule has 4 aromatic rings. The van der Waals surface area contributed by atoms with E-state index in [2.05, 4.69) is 15.6 Å². The van der Waals surface area contributed by atoms with E-state index in [1.807, 2.05) is 86.6 Å². The second-order valence-corrected chi connectivity index (χ2v) is 10.7. The Morgan fingerprint density at radius 1 is 1.02 bits per heavy atom. The Bertz CT molecular complexity index is 1620. The minimum absolute atomic E-state index is 0.170. The van der Waals surface area contributed by atoms with Crippen molar-refractivity contribution in [2.24, 2.45) is 5.92 Å². The molecule has 204 valence electrons. The first-order valence-corrected chi connectivity index (χ1v) is 13.6. The molecule has 0 fully saturated rings. The van der Waals surface area contributed by atoms with E-state index in [0.717, 1.165) is 33.3 Å². The smallest absolute Gasteiger partial charge is 0.255 e. The Morgan fingerprint density at radius 3 is 2.55 bits per heavy atom. The van der Waals surface area contributed by atoms with Gasteiger partial charge in [-0.25, -0.2) is 0 Å². The highest BCUT2D eigenvalue weighted by atomic mass is 16.5. The zero-order valence-electron chi connectivity index (χ0n) is 22.7. The number of methoxy groups -OCH3 is 1. The first-order chi connectivity index (χ1) is 19.4. The van der Waals surface area contributed by atoms with Gasteiger partial charge >= 0.3 is 0 Å². The predicted octanol–water partition coefficient (Wildman–Crippen LogP) is 4.10. The van der Waals surface area contributed by atoms with Crippen molar-refractivity contribution < 1.29 is 19.1 Å². The fourth-order valence-electron chi connectivity index (χ4n) is 6.06. The van der Waals surface area contributed by atoms with E-state index in [0.29, 0.717) is 17.7 Å². The summed E-state index contributed by atoms with van der Waals surface area (Å²) in [5.41, 5.74) is 5.27. The van der Waals surface area contributed by atoms with Crippen LogP contribution in [0, 0.1) is 5.92 Å². The maximum atomic E-state index is 14.0. The number of benzene rings is 3. The molecule has 3 unspecified atom stereocenters. The number of nitrogens with zero attached hydrogens (tertiary/aromatic N) is 1. The highest BCUT2D eigenvalue weighted by Gasteiger charge is 2.49. The van der Waals surface area contributed by atoms with E-state index in [4.69, 9.17) is 4.74 Å². The Hall–Kier alpha value is -4.59. The number of hydrogen-bond acceptors (Lipinski definition) is 4. The van der Waals surface area contributed by atoms with Gasteiger partial charge in [-0.15, -0.1) is 0 Å². The molecule has 1 aromatic heterocycles. The number of hydrogen-bond donors (Lipinski definition) is 3. The summed E-state index contributed by atoms with van der Waals surface area (Å²) < 4.78 is 5.40. The van der Waals surface area contributed by atoms with E-state index >= 15 is 0 Å². The van der Waals surface area contributed by atoms with Crippen LogP contribution in [0.15, 0.2) is 72.8 Å². The molecule has 40 heavy (non-hydrogen) atoms. The van der Waals surface area contributed by atoms with Gasteiger partial charge in [0, 0.05) is 40.7 Å². The van der Waals surface area contributed by atoms with Crippen LogP contribution in [0.2, 0.25) is 0 Å². The lowest BCUT2D eigenvalue weighted by Crippen LogP contribution is -2.57. The van der Waals surface area contributed by atoms with Crippen LogP contribution in [0.5, 0.6) is 5.75 Å². The summed E-state index contributed by atoms with van der Waals surface area (Å²) in [4.78, 5) is 46.2. The quantitative estimate of drug-likeness (QED) is 0.331. The Balaban J connectivity index is 1.30. The lowest BCUT2D eigenvalue weighted by Gasteiger charge is -2.38. The van der Waals surface area contributed by atoms with Gasteiger partial charge < -0.3 is 25.3 Å². The van der Waals surface area contributed by atoms with E-state index in [1.54, 1.807) is 12.0 Å². The molecule has 0 spiro atoms. The molecule has 3 heterocycles. The molecule has 3 atom stereocenters. The molecular weight excluding hydrogens is 504 g/mol. The number of rotatable bonds is 7. The van der Waals surface area contributed by atoms with Crippen LogP contribution in [-0.2, 0) is 22.6 Å². The molecule has 0 radical (unpaired) electrons. The fraction of sp³-hybridized carbons (Fsp3) is 0.281. The first-order valence-electron chi connectivity index (χ1n) is 13.6. The van der Waals surface area contributed by atoms with Gasteiger partial charge in [-0.3, -0.25) is 14.4 Å². The number of para-hydroxylation sites is 2.